The van der Waals surface area contributed by atoms with Gasteiger partial charge in [-0.1, -0.05) is 24.3 Å². The number of fused-ring (bicyclic) bond motifs is 1. The molecule has 0 aliphatic carbocycles. The summed E-state index contributed by atoms with van der Waals surface area (Å²) in [5.41, 5.74) is 1.82. The van der Waals surface area contributed by atoms with Gasteiger partial charge in [0.15, 0.2) is 0 Å². The Balaban J connectivity index is 1.43. The Morgan fingerprint density at radius 1 is 0.879 bits per heavy atom. The lowest BCUT2D eigenvalue weighted by atomic mass is 10.1. The van der Waals surface area contributed by atoms with Crippen molar-refractivity contribution in [3.8, 4) is 0 Å². The van der Waals surface area contributed by atoms with Crippen LogP contribution in [0.3, 0.4) is 0 Å². The van der Waals surface area contributed by atoms with Crippen LogP contribution in [0.15, 0.2) is 58.1 Å². The third-order valence-electron chi connectivity index (χ3n) is 6.32. The Morgan fingerprint density at radius 3 is 2.12 bits per heavy atom. The van der Waals surface area contributed by atoms with Crippen molar-refractivity contribution in [3.05, 3.63) is 80.4 Å². The Kier molecular flexibility index (Phi) is 7.05. The number of nitrogens with one attached hydrogen (secondary N) is 1. The maximum absolute atomic E-state index is 12.8. The van der Waals surface area contributed by atoms with Crippen LogP contribution in [0.4, 0.5) is 0 Å². The van der Waals surface area contributed by atoms with Crippen LogP contribution >= 0.6 is 0 Å². The average molecular weight is 450 g/mol. The van der Waals surface area contributed by atoms with E-state index in [2.05, 4.69) is 22.2 Å². The van der Waals surface area contributed by atoms with Gasteiger partial charge >= 0.3 is 11.1 Å². The van der Waals surface area contributed by atoms with Crippen molar-refractivity contribution < 1.29 is 4.79 Å². The predicted molar refractivity (Wildman–Crippen MR) is 130 cm³/mol. The van der Waals surface area contributed by atoms with Crippen LogP contribution in [0, 0.1) is 0 Å². The molecule has 33 heavy (non-hydrogen) atoms. The van der Waals surface area contributed by atoms with E-state index >= 15 is 0 Å². The SMILES string of the molecule is CCn1c(=O)c(=O)n(Cc2ccc(C(=O)NCCN3CCN(C)CC3)cc2)c2ccccc21. The largest absolute Gasteiger partial charge is 0.351 e. The van der Waals surface area contributed by atoms with Gasteiger partial charge in [0.05, 0.1) is 17.6 Å². The number of para-hydroxylation sites is 2. The molecule has 1 aliphatic rings. The van der Waals surface area contributed by atoms with E-state index in [1.165, 1.54) is 9.13 Å². The monoisotopic (exact) mass is 449 g/mol. The van der Waals surface area contributed by atoms with Gasteiger partial charge in [0.2, 0.25) is 0 Å². The van der Waals surface area contributed by atoms with Crippen molar-refractivity contribution in [2.24, 2.45) is 0 Å². The maximum atomic E-state index is 12.8. The molecule has 1 N–H and O–H groups in total. The fourth-order valence-corrected chi connectivity index (χ4v) is 4.29. The molecule has 3 aromatic rings. The molecule has 2 heterocycles. The van der Waals surface area contributed by atoms with Crippen molar-refractivity contribution in [1.29, 1.82) is 0 Å². The molecule has 0 spiro atoms. The molecule has 1 aliphatic heterocycles. The van der Waals surface area contributed by atoms with E-state index in [1.54, 1.807) is 12.1 Å². The lowest BCUT2D eigenvalue weighted by Gasteiger charge is -2.32. The lowest BCUT2D eigenvalue weighted by molar-refractivity contribution is 0.0941. The summed E-state index contributed by atoms with van der Waals surface area (Å²) < 4.78 is 3.01. The van der Waals surface area contributed by atoms with Crippen molar-refractivity contribution in [2.75, 3.05) is 46.3 Å². The smallest absolute Gasteiger partial charge is 0.317 e. The molecule has 4 rings (SSSR count). The van der Waals surface area contributed by atoms with Crippen molar-refractivity contribution >= 4 is 16.9 Å². The van der Waals surface area contributed by atoms with E-state index < -0.39 is 11.1 Å². The highest BCUT2D eigenvalue weighted by Gasteiger charge is 2.15. The first-order valence-corrected chi connectivity index (χ1v) is 11.5. The normalized spacial score (nSPS) is 15.1. The highest BCUT2D eigenvalue weighted by molar-refractivity contribution is 5.94. The number of piperazine rings is 1. The topological polar surface area (TPSA) is 79.6 Å². The summed E-state index contributed by atoms with van der Waals surface area (Å²) in [4.78, 5) is 42.5. The van der Waals surface area contributed by atoms with Crippen molar-refractivity contribution in [2.45, 2.75) is 20.0 Å². The Morgan fingerprint density at radius 2 is 1.48 bits per heavy atom. The van der Waals surface area contributed by atoms with E-state index in [9.17, 15) is 14.4 Å². The third-order valence-corrected chi connectivity index (χ3v) is 6.32. The van der Waals surface area contributed by atoms with Gasteiger partial charge in [0.1, 0.15) is 0 Å². The number of aryl methyl sites for hydroxylation is 1. The Hall–Kier alpha value is -3.23. The number of aromatic nitrogens is 2. The Bertz CT molecular complexity index is 1240. The fraction of sp³-hybridized carbons (Fsp3) is 0.400. The summed E-state index contributed by atoms with van der Waals surface area (Å²) in [5, 5.41) is 2.99. The van der Waals surface area contributed by atoms with Crippen LogP contribution in [-0.4, -0.2) is 71.2 Å². The number of rotatable bonds is 7. The van der Waals surface area contributed by atoms with E-state index in [0.717, 1.165) is 49.3 Å². The van der Waals surface area contributed by atoms with Crippen molar-refractivity contribution in [1.82, 2.24) is 24.3 Å². The summed E-state index contributed by atoms with van der Waals surface area (Å²) in [5.74, 6) is -0.108. The first-order valence-electron chi connectivity index (χ1n) is 11.5. The van der Waals surface area contributed by atoms with Gasteiger partial charge in [-0.25, -0.2) is 0 Å². The molecule has 8 heteroatoms. The minimum atomic E-state index is -0.540. The van der Waals surface area contributed by atoms with Gasteiger partial charge < -0.3 is 14.8 Å². The van der Waals surface area contributed by atoms with Gasteiger partial charge in [-0.3, -0.25) is 23.9 Å². The van der Waals surface area contributed by atoms with E-state index in [1.807, 2.05) is 43.3 Å². The number of hydrogen-bond donors (Lipinski definition) is 1. The lowest BCUT2D eigenvalue weighted by Crippen LogP contribution is -2.46. The number of hydrogen-bond acceptors (Lipinski definition) is 5. The van der Waals surface area contributed by atoms with Gasteiger partial charge in [-0.15, -0.1) is 0 Å². The second-order valence-electron chi connectivity index (χ2n) is 8.53. The number of amides is 1. The number of benzene rings is 2. The highest BCUT2D eigenvalue weighted by atomic mass is 16.2. The number of nitrogens with zero attached hydrogens (tertiary/aromatic N) is 4. The minimum absolute atomic E-state index is 0.108. The number of carbonyl (C=O) groups excluding carboxylic acids is 1. The molecule has 0 radical (unpaired) electrons. The molecule has 174 valence electrons. The summed E-state index contributed by atoms with van der Waals surface area (Å²) in [6, 6.07) is 14.6. The summed E-state index contributed by atoms with van der Waals surface area (Å²) in [7, 11) is 2.13. The molecule has 1 amide bonds. The molecule has 1 fully saturated rings. The fourth-order valence-electron chi connectivity index (χ4n) is 4.29. The van der Waals surface area contributed by atoms with Gasteiger partial charge in [-0.05, 0) is 43.8 Å². The Labute approximate surface area is 193 Å². The highest BCUT2D eigenvalue weighted by Crippen LogP contribution is 2.13. The summed E-state index contributed by atoms with van der Waals surface area (Å²) in [6.07, 6.45) is 0. The molecule has 2 aromatic carbocycles. The second kappa shape index (κ2) is 10.1. The first-order chi connectivity index (χ1) is 16.0. The molecule has 0 unspecified atom stereocenters. The van der Waals surface area contributed by atoms with Crippen LogP contribution in [0.25, 0.3) is 11.0 Å². The number of carbonyl (C=O) groups is 1. The summed E-state index contributed by atoms with van der Waals surface area (Å²) >= 11 is 0. The molecule has 8 nitrogen and oxygen atoms in total. The van der Waals surface area contributed by atoms with Crippen LogP contribution in [0.1, 0.15) is 22.8 Å². The van der Waals surface area contributed by atoms with E-state index in [4.69, 9.17) is 0 Å². The van der Waals surface area contributed by atoms with E-state index in [0.29, 0.717) is 18.7 Å². The molecular formula is C25H31N5O3. The van der Waals surface area contributed by atoms with Crippen LogP contribution in [-0.2, 0) is 13.1 Å². The molecule has 0 bridgehead atoms. The van der Waals surface area contributed by atoms with Crippen LogP contribution in [0.2, 0.25) is 0 Å². The maximum Gasteiger partial charge on any atom is 0.317 e. The van der Waals surface area contributed by atoms with Crippen molar-refractivity contribution in [3.63, 3.8) is 0 Å². The van der Waals surface area contributed by atoms with Gasteiger partial charge in [0.25, 0.3) is 5.91 Å². The summed E-state index contributed by atoms with van der Waals surface area (Å²) in [6.45, 7) is 8.18. The quantitative estimate of drug-likeness (QED) is 0.549. The standard InChI is InChI=1S/C25H31N5O3/c1-3-29-21-6-4-5-7-22(21)30(25(33)24(29)32)18-19-8-10-20(11-9-19)23(31)26-12-13-28-16-14-27(2)15-17-28/h4-11H,3,12-18H2,1-2H3,(H,26,31). The molecule has 0 saturated carbocycles. The third kappa shape index (κ3) is 5.07. The van der Waals surface area contributed by atoms with E-state index in [-0.39, 0.29) is 12.5 Å². The van der Waals surface area contributed by atoms with Crippen LogP contribution < -0.4 is 16.4 Å². The zero-order valence-electron chi connectivity index (χ0n) is 19.3. The average Bonchev–Trinajstić information content (AvgIpc) is 2.84. The van der Waals surface area contributed by atoms with Crippen LogP contribution in [0.5, 0.6) is 0 Å². The number of likely N-dealkylation sites (N-methyl/N-ethyl adjacent to an activating group) is 1. The predicted octanol–water partition coefficient (Wildman–Crippen LogP) is 1.21. The minimum Gasteiger partial charge on any atom is -0.351 e. The molecule has 0 atom stereocenters. The molecular weight excluding hydrogens is 418 g/mol. The molecule has 1 aromatic heterocycles. The first kappa shape index (κ1) is 22.9. The van der Waals surface area contributed by atoms with Gasteiger partial charge in [-0.2, -0.15) is 0 Å². The zero-order chi connectivity index (χ0) is 23.4. The zero-order valence-corrected chi connectivity index (χ0v) is 19.3. The van der Waals surface area contributed by atoms with Gasteiger partial charge in [0, 0.05) is 51.4 Å². The molecule has 1 saturated heterocycles. The second-order valence-corrected chi connectivity index (χ2v) is 8.53.